The maximum absolute atomic E-state index is 13.2. The summed E-state index contributed by atoms with van der Waals surface area (Å²) in [6.07, 6.45) is 6.39. The van der Waals surface area contributed by atoms with Gasteiger partial charge >= 0.3 is 0 Å². The Kier molecular flexibility index (Phi) is 6.20. The van der Waals surface area contributed by atoms with Gasteiger partial charge in [-0.15, -0.1) is 11.3 Å². The van der Waals surface area contributed by atoms with Crippen LogP contribution in [0.3, 0.4) is 0 Å². The van der Waals surface area contributed by atoms with Crippen molar-refractivity contribution in [2.24, 2.45) is 0 Å². The molecule has 0 spiro atoms. The molecule has 0 atom stereocenters. The summed E-state index contributed by atoms with van der Waals surface area (Å²) in [5.41, 5.74) is 2.84. The second-order valence-corrected chi connectivity index (χ2v) is 9.34. The van der Waals surface area contributed by atoms with Crippen LogP contribution < -0.4 is 0 Å². The Morgan fingerprint density at radius 3 is 2.70 bits per heavy atom. The van der Waals surface area contributed by atoms with E-state index < -0.39 is 0 Å². The number of hydrogen-bond acceptors (Lipinski definition) is 5. The Morgan fingerprint density at radius 1 is 1.23 bits per heavy atom. The number of hydrogen-bond donors (Lipinski definition) is 0. The Balaban J connectivity index is 1.57. The summed E-state index contributed by atoms with van der Waals surface area (Å²) in [6.45, 7) is 13.1. The van der Waals surface area contributed by atoms with Gasteiger partial charge in [-0.2, -0.15) is 0 Å². The monoisotopic (exact) mass is 425 g/mol. The molecule has 1 aliphatic heterocycles. The number of nitrogens with zero attached hydrogens (tertiary/aromatic N) is 5. The molecule has 30 heavy (non-hydrogen) atoms. The Labute approximate surface area is 182 Å². The molecule has 0 aromatic carbocycles. The number of unbranched alkanes of at least 4 members (excludes halogenated alkanes) is 1. The molecule has 4 heterocycles. The second-order valence-electron chi connectivity index (χ2n) is 8.34. The fourth-order valence-corrected chi connectivity index (χ4v) is 5.12. The maximum Gasteiger partial charge on any atom is 0.265 e. The zero-order valence-electron chi connectivity index (χ0n) is 18.4. The molecule has 4 rings (SSSR count). The van der Waals surface area contributed by atoms with Crippen LogP contribution in [-0.2, 0) is 0 Å². The van der Waals surface area contributed by atoms with Crippen molar-refractivity contribution in [2.75, 3.05) is 32.7 Å². The summed E-state index contributed by atoms with van der Waals surface area (Å²) in [5, 5.41) is 1.98. The van der Waals surface area contributed by atoms with Crippen LogP contribution in [0.15, 0.2) is 24.5 Å². The summed E-state index contributed by atoms with van der Waals surface area (Å²) in [5.74, 6) is 0.122. The quantitative estimate of drug-likeness (QED) is 0.579. The van der Waals surface area contributed by atoms with E-state index in [-0.39, 0.29) is 5.91 Å². The molecular formula is C23H31N5OS. The summed E-state index contributed by atoms with van der Waals surface area (Å²) < 4.78 is 2.18. The minimum atomic E-state index is 0.122. The van der Waals surface area contributed by atoms with Crippen LogP contribution in [0.5, 0.6) is 0 Å². The van der Waals surface area contributed by atoms with Crippen LogP contribution in [0.1, 0.15) is 55.0 Å². The van der Waals surface area contributed by atoms with Crippen molar-refractivity contribution in [3.8, 4) is 10.6 Å². The highest BCUT2D eigenvalue weighted by molar-refractivity contribution is 7.17. The van der Waals surface area contributed by atoms with E-state index in [2.05, 4.69) is 47.5 Å². The van der Waals surface area contributed by atoms with Gasteiger partial charge in [0, 0.05) is 55.6 Å². The molecule has 0 bridgehead atoms. The van der Waals surface area contributed by atoms with E-state index in [1.54, 1.807) is 0 Å². The third-order valence-electron chi connectivity index (χ3n) is 5.85. The number of carbonyl (C=O) groups excluding carboxylic acids is 1. The SMILES string of the molecule is CCCCN1CCN(C(=O)c2sc(-c3cn(C(C)C)c4ncccc34)nc2C)CC1. The van der Waals surface area contributed by atoms with E-state index in [1.807, 2.05) is 24.1 Å². The van der Waals surface area contributed by atoms with Gasteiger partial charge < -0.3 is 9.47 Å². The van der Waals surface area contributed by atoms with Gasteiger partial charge in [-0.1, -0.05) is 13.3 Å². The number of thiazole rings is 1. The zero-order valence-corrected chi connectivity index (χ0v) is 19.2. The molecule has 3 aromatic rings. The lowest BCUT2D eigenvalue weighted by molar-refractivity contribution is 0.0639. The van der Waals surface area contributed by atoms with Gasteiger partial charge in [0.2, 0.25) is 0 Å². The van der Waals surface area contributed by atoms with Gasteiger partial charge in [-0.05, 0) is 45.9 Å². The van der Waals surface area contributed by atoms with Gasteiger partial charge in [-0.25, -0.2) is 9.97 Å². The number of rotatable bonds is 6. The van der Waals surface area contributed by atoms with Crippen molar-refractivity contribution < 1.29 is 4.79 Å². The Morgan fingerprint density at radius 2 is 2.00 bits per heavy atom. The number of aromatic nitrogens is 3. The first-order valence-corrected chi connectivity index (χ1v) is 11.8. The molecule has 0 aliphatic carbocycles. The number of carbonyl (C=O) groups is 1. The minimum absolute atomic E-state index is 0.122. The lowest BCUT2D eigenvalue weighted by Crippen LogP contribution is -2.48. The summed E-state index contributed by atoms with van der Waals surface area (Å²) in [6, 6.07) is 4.35. The molecule has 7 heteroatoms. The largest absolute Gasteiger partial charge is 0.335 e. The van der Waals surface area contributed by atoms with Crippen molar-refractivity contribution in [1.82, 2.24) is 24.3 Å². The molecule has 0 unspecified atom stereocenters. The van der Waals surface area contributed by atoms with E-state index >= 15 is 0 Å². The van der Waals surface area contributed by atoms with Crippen molar-refractivity contribution in [2.45, 2.75) is 46.6 Å². The Hall–Kier alpha value is -2.25. The highest BCUT2D eigenvalue weighted by Crippen LogP contribution is 2.35. The average Bonchev–Trinajstić information content (AvgIpc) is 3.33. The fourth-order valence-electron chi connectivity index (χ4n) is 4.06. The van der Waals surface area contributed by atoms with Crippen molar-refractivity contribution in [1.29, 1.82) is 0 Å². The predicted molar refractivity (Wildman–Crippen MR) is 123 cm³/mol. The van der Waals surface area contributed by atoms with Gasteiger partial charge in [-0.3, -0.25) is 9.69 Å². The van der Waals surface area contributed by atoms with E-state index in [0.29, 0.717) is 6.04 Å². The van der Waals surface area contributed by atoms with Crippen molar-refractivity contribution in [3.05, 3.63) is 35.1 Å². The first-order chi connectivity index (χ1) is 14.5. The number of amides is 1. The minimum Gasteiger partial charge on any atom is -0.335 e. The van der Waals surface area contributed by atoms with Crippen LogP contribution in [0.2, 0.25) is 0 Å². The highest BCUT2D eigenvalue weighted by atomic mass is 32.1. The second kappa shape index (κ2) is 8.86. The third kappa shape index (κ3) is 4.01. The lowest BCUT2D eigenvalue weighted by Gasteiger charge is -2.34. The van der Waals surface area contributed by atoms with Crippen LogP contribution in [0.4, 0.5) is 0 Å². The molecule has 1 saturated heterocycles. The third-order valence-corrected chi connectivity index (χ3v) is 7.03. The molecule has 160 valence electrons. The van der Waals surface area contributed by atoms with Crippen LogP contribution >= 0.6 is 11.3 Å². The summed E-state index contributed by atoms with van der Waals surface area (Å²) in [7, 11) is 0. The first kappa shape index (κ1) is 21.0. The molecule has 3 aromatic heterocycles. The zero-order chi connectivity index (χ0) is 21.3. The van der Waals surface area contributed by atoms with Gasteiger partial charge in [0.05, 0.1) is 5.69 Å². The van der Waals surface area contributed by atoms with Gasteiger partial charge in [0.15, 0.2) is 0 Å². The number of pyridine rings is 1. The summed E-state index contributed by atoms with van der Waals surface area (Å²) in [4.78, 5) is 27.8. The van der Waals surface area contributed by atoms with E-state index in [0.717, 1.165) is 64.9 Å². The van der Waals surface area contributed by atoms with Crippen molar-refractivity contribution in [3.63, 3.8) is 0 Å². The molecule has 0 N–H and O–H groups in total. The Bertz CT molecular complexity index is 1030. The van der Waals surface area contributed by atoms with Crippen molar-refractivity contribution >= 4 is 28.3 Å². The molecule has 0 saturated carbocycles. The molecule has 0 radical (unpaired) electrons. The van der Waals surface area contributed by atoms with E-state index in [4.69, 9.17) is 4.98 Å². The number of aryl methyl sites for hydroxylation is 1. The molecule has 1 amide bonds. The van der Waals surface area contributed by atoms with Crippen LogP contribution in [0, 0.1) is 6.92 Å². The smallest absolute Gasteiger partial charge is 0.265 e. The fraction of sp³-hybridized carbons (Fsp3) is 0.522. The maximum atomic E-state index is 13.2. The van der Waals surface area contributed by atoms with E-state index in [1.165, 1.54) is 24.2 Å². The van der Waals surface area contributed by atoms with Gasteiger partial charge in [0.25, 0.3) is 5.91 Å². The average molecular weight is 426 g/mol. The molecular weight excluding hydrogens is 394 g/mol. The predicted octanol–water partition coefficient (Wildman–Crippen LogP) is 4.61. The highest BCUT2D eigenvalue weighted by Gasteiger charge is 2.26. The molecule has 6 nitrogen and oxygen atoms in total. The molecule has 1 fully saturated rings. The standard InChI is InChI=1S/C23H31N5OS/c1-5-6-10-26-11-13-27(14-12-26)23(29)20-17(4)25-22(30-20)19-15-28(16(2)3)21-18(19)8-7-9-24-21/h7-9,15-16H,5-6,10-14H2,1-4H3. The first-order valence-electron chi connectivity index (χ1n) is 10.9. The summed E-state index contributed by atoms with van der Waals surface area (Å²) >= 11 is 1.51. The number of fused-ring (bicyclic) bond motifs is 1. The topological polar surface area (TPSA) is 54.3 Å². The number of piperazine rings is 1. The van der Waals surface area contributed by atoms with Gasteiger partial charge in [0.1, 0.15) is 15.5 Å². The van der Waals surface area contributed by atoms with E-state index in [9.17, 15) is 4.79 Å². The normalized spacial score (nSPS) is 15.4. The van der Waals surface area contributed by atoms with Crippen LogP contribution in [0.25, 0.3) is 21.6 Å². The lowest BCUT2D eigenvalue weighted by atomic mass is 10.2. The van der Waals surface area contributed by atoms with Crippen LogP contribution in [-0.4, -0.2) is 63.0 Å². The molecule has 1 aliphatic rings.